The summed E-state index contributed by atoms with van der Waals surface area (Å²) in [6, 6.07) is -0.899. The fraction of sp³-hybridized carbons (Fsp3) is 0.500. The first-order valence-electron chi connectivity index (χ1n) is 5.78. The molecular formula is C12H17N3O3. The van der Waals surface area contributed by atoms with Crippen LogP contribution in [0.5, 0.6) is 0 Å². The summed E-state index contributed by atoms with van der Waals surface area (Å²) < 4.78 is 0. The van der Waals surface area contributed by atoms with Gasteiger partial charge in [0.1, 0.15) is 11.9 Å². The van der Waals surface area contributed by atoms with Crippen LogP contribution in [0.3, 0.4) is 0 Å². The van der Waals surface area contributed by atoms with Crippen LogP contribution in [-0.2, 0) is 4.79 Å². The number of aliphatic carboxylic acids is 1. The largest absolute Gasteiger partial charge is 0.480 e. The molecule has 0 spiro atoms. The van der Waals surface area contributed by atoms with Crippen LogP contribution in [0.1, 0.15) is 36.5 Å². The summed E-state index contributed by atoms with van der Waals surface area (Å²) in [5.41, 5.74) is 0.259. The van der Waals surface area contributed by atoms with E-state index >= 15 is 0 Å². The van der Waals surface area contributed by atoms with E-state index in [0.29, 0.717) is 12.2 Å². The van der Waals surface area contributed by atoms with E-state index in [2.05, 4.69) is 15.3 Å². The Morgan fingerprint density at radius 2 is 1.94 bits per heavy atom. The zero-order valence-corrected chi connectivity index (χ0v) is 10.7. The number of carbonyl (C=O) groups excluding carboxylic acids is 1. The second kappa shape index (κ2) is 6.09. The number of amides is 1. The van der Waals surface area contributed by atoms with Crippen LogP contribution in [0.25, 0.3) is 0 Å². The zero-order chi connectivity index (χ0) is 13.7. The molecule has 0 aliphatic rings. The van der Waals surface area contributed by atoms with Crippen LogP contribution in [0, 0.1) is 12.8 Å². The van der Waals surface area contributed by atoms with Crippen molar-refractivity contribution in [3.05, 3.63) is 23.8 Å². The SMILES string of the molecule is CC[C@H](C)[C@H](NC(=O)c1cnc(C)nc1)C(=O)O. The summed E-state index contributed by atoms with van der Waals surface area (Å²) in [7, 11) is 0. The Balaban J connectivity index is 2.78. The van der Waals surface area contributed by atoms with Crippen molar-refractivity contribution in [1.82, 2.24) is 15.3 Å². The molecule has 0 aliphatic heterocycles. The van der Waals surface area contributed by atoms with Gasteiger partial charge in [0.2, 0.25) is 0 Å². The highest BCUT2D eigenvalue weighted by atomic mass is 16.4. The lowest BCUT2D eigenvalue weighted by atomic mass is 9.99. The van der Waals surface area contributed by atoms with Gasteiger partial charge in [-0.25, -0.2) is 14.8 Å². The molecule has 0 aromatic carbocycles. The Morgan fingerprint density at radius 3 is 2.39 bits per heavy atom. The number of carboxylic acids is 1. The molecular weight excluding hydrogens is 234 g/mol. The quantitative estimate of drug-likeness (QED) is 0.815. The normalized spacial score (nSPS) is 13.7. The van der Waals surface area contributed by atoms with Crippen molar-refractivity contribution in [3.8, 4) is 0 Å². The van der Waals surface area contributed by atoms with Crippen LogP contribution < -0.4 is 5.32 Å². The van der Waals surface area contributed by atoms with E-state index in [1.54, 1.807) is 13.8 Å². The third-order valence-corrected chi connectivity index (χ3v) is 2.81. The molecule has 1 aromatic rings. The molecule has 1 aromatic heterocycles. The van der Waals surface area contributed by atoms with Crippen LogP contribution in [0.15, 0.2) is 12.4 Å². The van der Waals surface area contributed by atoms with Gasteiger partial charge >= 0.3 is 5.97 Å². The first-order chi connectivity index (χ1) is 8.45. The summed E-state index contributed by atoms with van der Waals surface area (Å²) in [6.45, 7) is 5.37. The lowest BCUT2D eigenvalue weighted by Crippen LogP contribution is -2.45. The number of carboxylic acid groups (broad SMARTS) is 1. The van der Waals surface area contributed by atoms with Gasteiger partial charge in [0, 0.05) is 12.4 Å². The van der Waals surface area contributed by atoms with Gasteiger partial charge in [0.05, 0.1) is 5.56 Å². The number of nitrogens with zero attached hydrogens (tertiary/aromatic N) is 2. The van der Waals surface area contributed by atoms with Crippen LogP contribution in [0.2, 0.25) is 0 Å². The zero-order valence-electron chi connectivity index (χ0n) is 10.7. The Kier molecular flexibility index (Phi) is 4.76. The standard InChI is InChI=1S/C12H17N3O3/c1-4-7(2)10(12(17)18)15-11(16)9-5-13-8(3)14-6-9/h5-7,10H,4H2,1-3H3,(H,15,16)(H,17,18)/t7-,10-/m0/s1. The minimum atomic E-state index is -1.04. The van der Waals surface area contributed by atoms with E-state index in [9.17, 15) is 9.59 Å². The predicted molar refractivity (Wildman–Crippen MR) is 65.1 cm³/mol. The van der Waals surface area contributed by atoms with Crippen molar-refractivity contribution >= 4 is 11.9 Å². The van der Waals surface area contributed by atoms with Crippen LogP contribution >= 0.6 is 0 Å². The fourth-order valence-electron chi connectivity index (χ4n) is 1.42. The maximum atomic E-state index is 11.8. The minimum absolute atomic E-state index is 0.141. The fourth-order valence-corrected chi connectivity index (χ4v) is 1.42. The third kappa shape index (κ3) is 3.51. The summed E-state index contributed by atoms with van der Waals surface area (Å²) in [6.07, 6.45) is 3.43. The molecule has 0 fully saturated rings. The summed E-state index contributed by atoms with van der Waals surface area (Å²) in [4.78, 5) is 30.7. The van der Waals surface area contributed by atoms with Crippen molar-refractivity contribution in [2.45, 2.75) is 33.2 Å². The lowest BCUT2D eigenvalue weighted by molar-refractivity contribution is -0.140. The van der Waals surface area contributed by atoms with E-state index in [0.717, 1.165) is 0 Å². The Bertz CT molecular complexity index is 431. The monoisotopic (exact) mass is 251 g/mol. The third-order valence-electron chi connectivity index (χ3n) is 2.81. The molecule has 18 heavy (non-hydrogen) atoms. The van der Waals surface area contributed by atoms with Gasteiger partial charge in [-0.2, -0.15) is 0 Å². The van der Waals surface area contributed by atoms with Crippen molar-refractivity contribution in [2.24, 2.45) is 5.92 Å². The van der Waals surface area contributed by atoms with E-state index in [-0.39, 0.29) is 11.5 Å². The van der Waals surface area contributed by atoms with Gasteiger partial charge in [-0.1, -0.05) is 20.3 Å². The molecule has 0 saturated heterocycles. The topological polar surface area (TPSA) is 92.2 Å². The molecule has 0 bridgehead atoms. The molecule has 2 N–H and O–H groups in total. The summed E-state index contributed by atoms with van der Waals surface area (Å²) >= 11 is 0. The van der Waals surface area contributed by atoms with E-state index < -0.39 is 17.9 Å². The number of nitrogens with one attached hydrogen (secondary N) is 1. The smallest absolute Gasteiger partial charge is 0.326 e. The molecule has 6 heteroatoms. The Morgan fingerprint density at radius 1 is 1.39 bits per heavy atom. The van der Waals surface area contributed by atoms with E-state index in [4.69, 9.17) is 5.11 Å². The van der Waals surface area contributed by atoms with Gasteiger partial charge in [0.25, 0.3) is 5.91 Å². The van der Waals surface area contributed by atoms with Gasteiger partial charge in [-0.05, 0) is 12.8 Å². The number of hydrogen-bond acceptors (Lipinski definition) is 4. The average Bonchev–Trinajstić information content (AvgIpc) is 2.35. The number of carbonyl (C=O) groups is 2. The lowest BCUT2D eigenvalue weighted by Gasteiger charge is -2.19. The van der Waals surface area contributed by atoms with Gasteiger partial charge in [-0.3, -0.25) is 4.79 Å². The minimum Gasteiger partial charge on any atom is -0.480 e. The molecule has 0 radical (unpaired) electrons. The van der Waals surface area contributed by atoms with Gasteiger partial charge in [-0.15, -0.1) is 0 Å². The summed E-state index contributed by atoms with van der Waals surface area (Å²) in [5, 5.41) is 11.6. The maximum Gasteiger partial charge on any atom is 0.326 e. The molecule has 0 aliphatic carbocycles. The van der Waals surface area contributed by atoms with E-state index in [1.807, 2.05) is 6.92 Å². The first-order valence-corrected chi connectivity index (χ1v) is 5.78. The van der Waals surface area contributed by atoms with Crippen LogP contribution in [-0.4, -0.2) is 33.0 Å². The average molecular weight is 251 g/mol. The highest BCUT2D eigenvalue weighted by Crippen LogP contribution is 2.09. The molecule has 98 valence electrons. The molecule has 6 nitrogen and oxygen atoms in total. The molecule has 1 heterocycles. The second-order valence-electron chi connectivity index (χ2n) is 4.19. The number of aryl methyl sites for hydroxylation is 1. The van der Waals surface area contributed by atoms with E-state index in [1.165, 1.54) is 12.4 Å². The van der Waals surface area contributed by atoms with Gasteiger partial charge in [0.15, 0.2) is 0 Å². The molecule has 0 unspecified atom stereocenters. The van der Waals surface area contributed by atoms with Crippen molar-refractivity contribution in [3.63, 3.8) is 0 Å². The van der Waals surface area contributed by atoms with Crippen LogP contribution in [0.4, 0.5) is 0 Å². The second-order valence-corrected chi connectivity index (χ2v) is 4.19. The van der Waals surface area contributed by atoms with Crippen molar-refractivity contribution in [1.29, 1.82) is 0 Å². The first kappa shape index (κ1) is 14.1. The molecule has 0 saturated carbocycles. The number of rotatable bonds is 5. The molecule has 1 amide bonds. The van der Waals surface area contributed by atoms with Gasteiger partial charge < -0.3 is 10.4 Å². The number of hydrogen-bond donors (Lipinski definition) is 2. The Labute approximate surface area is 105 Å². The van der Waals surface area contributed by atoms with Crippen molar-refractivity contribution in [2.75, 3.05) is 0 Å². The predicted octanol–water partition coefficient (Wildman–Crippen LogP) is 1.01. The van der Waals surface area contributed by atoms with Crippen molar-refractivity contribution < 1.29 is 14.7 Å². The number of aromatic nitrogens is 2. The molecule has 1 rings (SSSR count). The maximum absolute atomic E-state index is 11.8. The highest BCUT2D eigenvalue weighted by Gasteiger charge is 2.25. The highest BCUT2D eigenvalue weighted by molar-refractivity contribution is 5.96. The summed E-state index contributed by atoms with van der Waals surface area (Å²) in [5.74, 6) is -1.09. The Hall–Kier alpha value is -1.98. The molecule has 2 atom stereocenters.